The first-order chi connectivity index (χ1) is 13.3. The Balaban J connectivity index is 1.95. The Morgan fingerprint density at radius 2 is 1.79 bits per heavy atom. The third-order valence-corrected chi connectivity index (χ3v) is 3.63. The maximum atomic E-state index is 12.1. The van der Waals surface area contributed by atoms with Gasteiger partial charge in [-0.05, 0) is 43.3 Å². The number of carbonyl (C=O) groups excluding carboxylic acids is 3. The van der Waals surface area contributed by atoms with E-state index in [1.54, 1.807) is 6.07 Å². The molecular formula is C19H17N3O6. The SMILES string of the molecule is C[C@H](OC(=O)/C=C/c1ccccc1[N+](=O)[O-])C(=O)Nc1ccc(C(N)=O)cc1. The van der Waals surface area contributed by atoms with E-state index in [1.165, 1.54) is 55.5 Å². The topological polar surface area (TPSA) is 142 Å². The van der Waals surface area contributed by atoms with Gasteiger partial charge in [-0.25, -0.2) is 4.79 Å². The summed E-state index contributed by atoms with van der Waals surface area (Å²) in [5.74, 6) is -2.00. The molecule has 0 fully saturated rings. The van der Waals surface area contributed by atoms with Crippen molar-refractivity contribution in [1.82, 2.24) is 0 Å². The highest BCUT2D eigenvalue weighted by Gasteiger charge is 2.17. The molecule has 0 spiro atoms. The molecule has 0 aromatic heterocycles. The Morgan fingerprint density at radius 1 is 1.14 bits per heavy atom. The van der Waals surface area contributed by atoms with Crippen LogP contribution in [-0.2, 0) is 14.3 Å². The minimum Gasteiger partial charge on any atom is -0.449 e. The molecule has 1 atom stereocenters. The lowest BCUT2D eigenvalue weighted by atomic mass is 10.1. The van der Waals surface area contributed by atoms with E-state index in [0.29, 0.717) is 5.69 Å². The molecule has 2 rings (SSSR count). The zero-order chi connectivity index (χ0) is 20.7. The van der Waals surface area contributed by atoms with Gasteiger partial charge in [-0.1, -0.05) is 12.1 Å². The monoisotopic (exact) mass is 383 g/mol. The molecule has 9 nitrogen and oxygen atoms in total. The van der Waals surface area contributed by atoms with E-state index in [4.69, 9.17) is 10.5 Å². The van der Waals surface area contributed by atoms with E-state index in [-0.39, 0.29) is 16.8 Å². The number of primary amides is 1. The van der Waals surface area contributed by atoms with Gasteiger partial charge in [0.05, 0.1) is 10.5 Å². The number of nitro benzene ring substituents is 1. The molecule has 0 aliphatic rings. The summed E-state index contributed by atoms with van der Waals surface area (Å²) >= 11 is 0. The number of anilines is 1. The van der Waals surface area contributed by atoms with E-state index < -0.39 is 28.8 Å². The smallest absolute Gasteiger partial charge is 0.331 e. The number of nitrogens with zero attached hydrogens (tertiary/aromatic N) is 1. The fourth-order valence-corrected chi connectivity index (χ4v) is 2.18. The van der Waals surface area contributed by atoms with Crippen molar-refractivity contribution in [3.8, 4) is 0 Å². The molecule has 2 aromatic carbocycles. The molecule has 0 saturated carbocycles. The van der Waals surface area contributed by atoms with Crippen LogP contribution in [0.3, 0.4) is 0 Å². The lowest BCUT2D eigenvalue weighted by molar-refractivity contribution is -0.385. The van der Waals surface area contributed by atoms with E-state index in [2.05, 4.69) is 5.32 Å². The number of nitrogens with one attached hydrogen (secondary N) is 1. The summed E-state index contributed by atoms with van der Waals surface area (Å²) < 4.78 is 4.99. The van der Waals surface area contributed by atoms with Gasteiger partial charge >= 0.3 is 5.97 Å². The Labute approximate surface area is 159 Å². The highest BCUT2D eigenvalue weighted by atomic mass is 16.6. The largest absolute Gasteiger partial charge is 0.449 e. The van der Waals surface area contributed by atoms with Crippen LogP contribution in [0.4, 0.5) is 11.4 Å². The summed E-state index contributed by atoms with van der Waals surface area (Å²) in [6.45, 7) is 1.38. The van der Waals surface area contributed by atoms with Crippen LogP contribution in [0.15, 0.2) is 54.6 Å². The van der Waals surface area contributed by atoms with Crippen molar-refractivity contribution in [2.45, 2.75) is 13.0 Å². The Morgan fingerprint density at radius 3 is 2.39 bits per heavy atom. The van der Waals surface area contributed by atoms with Crippen molar-refractivity contribution in [1.29, 1.82) is 0 Å². The van der Waals surface area contributed by atoms with Crippen LogP contribution in [0.2, 0.25) is 0 Å². The Hall–Kier alpha value is -4.01. The Kier molecular flexibility index (Phi) is 6.58. The molecule has 3 N–H and O–H groups in total. The fraction of sp³-hybridized carbons (Fsp3) is 0.105. The van der Waals surface area contributed by atoms with E-state index >= 15 is 0 Å². The molecule has 0 unspecified atom stereocenters. The first-order valence-electron chi connectivity index (χ1n) is 8.11. The molecule has 2 aromatic rings. The van der Waals surface area contributed by atoms with Crippen molar-refractivity contribution in [3.63, 3.8) is 0 Å². The summed E-state index contributed by atoms with van der Waals surface area (Å²) in [6.07, 6.45) is 1.14. The summed E-state index contributed by atoms with van der Waals surface area (Å²) in [6, 6.07) is 11.8. The van der Waals surface area contributed by atoms with Crippen molar-refractivity contribution < 1.29 is 24.0 Å². The molecule has 2 amide bonds. The molecule has 0 heterocycles. The predicted molar refractivity (Wildman–Crippen MR) is 101 cm³/mol. The summed E-state index contributed by atoms with van der Waals surface area (Å²) in [7, 11) is 0. The molecule has 9 heteroatoms. The van der Waals surface area contributed by atoms with Gasteiger partial charge in [0.25, 0.3) is 11.6 Å². The van der Waals surface area contributed by atoms with Crippen LogP contribution in [-0.4, -0.2) is 28.8 Å². The minimum atomic E-state index is -1.11. The van der Waals surface area contributed by atoms with Crippen molar-refractivity contribution in [3.05, 3.63) is 75.8 Å². The molecule has 0 aliphatic carbocycles. The average Bonchev–Trinajstić information content (AvgIpc) is 2.66. The van der Waals surface area contributed by atoms with E-state index in [1.807, 2.05) is 0 Å². The van der Waals surface area contributed by atoms with Crippen LogP contribution in [0.5, 0.6) is 0 Å². The highest BCUT2D eigenvalue weighted by Crippen LogP contribution is 2.19. The standard InChI is InChI=1S/C19H17N3O6/c1-12(19(25)21-15-9-6-14(7-10-15)18(20)24)28-17(23)11-8-13-4-2-3-5-16(13)22(26)27/h2-12H,1H3,(H2,20,24)(H,21,25)/b11-8+/t12-/m0/s1. The zero-order valence-electron chi connectivity index (χ0n) is 14.8. The number of benzene rings is 2. The normalized spacial score (nSPS) is 11.6. The third kappa shape index (κ3) is 5.49. The van der Waals surface area contributed by atoms with Gasteiger partial charge in [-0.3, -0.25) is 19.7 Å². The summed E-state index contributed by atoms with van der Waals surface area (Å²) in [4.78, 5) is 45.4. The summed E-state index contributed by atoms with van der Waals surface area (Å²) in [5, 5.41) is 13.5. The first kappa shape index (κ1) is 20.3. The van der Waals surface area contributed by atoms with E-state index in [0.717, 1.165) is 6.08 Å². The molecule has 0 saturated heterocycles. The quantitative estimate of drug-likeness (QED) is 0.325. The maximum Gasteiger partial charge on any atom is 0.331 e. The maximum absolute atomic E-state index is 12.1. The number of esters is 1. The number of rotatable bonds is 7. The molecule has 28 heavy (non-hydrogen) atoms. The number of ether oxygens (including phenoxy) is 1. The van der Waals surface area contributed by atoms with Gasteiger partial charge in [0.2, 0.25) is 5.91 Å². The van der Waals surface area contributed by atoms with Crippen molar-refractivity contribution in [2.75, 3.05) is 5.32 Å². The number of carbonyl (C=O) groups is 3. The molecule has 0 aliphatic heterocycles. The molecule has 0 radical (unpaired) electrons. The van der Waals surface area contributed by atoms with Gasteiger partial charge in [-0.2, -0.15) is 0 Å². The second kappa shape index (κ2) is 9.08. The molecule has 0 bridgehead atoms. The molecular weight excluding hydrogens is 366 g/mol. The van der Waals surface area contributed by atoms with Crippen LogP contribution < -0.4 is 11.1 Å². The fourth-order valence-electron chi connectivity index (χ4n) is 2.18. The van der Waals surface area contributed by atoms with Crippen LogP contribution >= 0.6 is 0 Å². The van der Waals surface area contributed by atoms with Crippen molar-refractivity contribution in [2.24, 2.45) is 5.73 Å². The van der Waals surface area contributed by atoms with Gasteiger partial charge in [0, 0.05) is 23.4 Å². The van der Waals surface area contributed by atoms with Crippen LogP contribution in [0, 0.1) is 10.1 Å². The lowest BCUT2D eigenvalue weighted by Gasteiger charge is -2.12. The number of para-hydroxylation sites is 1. The second-order valence-corrected chi connectivity index (χ2v) is 5.66. The third-order valence-electron chi connectivity index (χ3n) is 3.63. The van der Waals surface area contributed by atoms with Gasteiger partial charge in [0.1, 0.15) is 0 Å². The van der Waals surface area contributed by atoms with Crippen molar-refractivity contribution >= 4 is 35.2 Å². The predicted octanol–water partition coefficient (Wildman–Crippen LogP) is 2.28. The number of amides is 2. The Bertz CT molecular complexity index is 937. The average molecular weight is 383 g/mol. The first-order valence-corrected chi connectivity index (χ1v) is 8.11. The highest BCUT2D eigenvalue weighted by molar-refractivity contribution is 5.97. The van der Waals surface area contributed by atoms with Gasteiger partial charge < -0.3 is 15.8 Å². The number of hydrogen-bond acceptors (Lipinski definition) is 6. The summed E-state index contributed by atoms with van der Waals surface area (Å²) in [5.41, 5.74) is 5.90. The zero-order valence-corrected chi connectivity index (χ0v) is 14.8. The second-order valence-electron chi connectivity index (χ2n) is 5.66. The number of nitrogens with two attached hydrogens (primary N) is 1. The van der Waals surface area contributed by atoms with Gasteiger partial charge in [0.15, 0.2) is 6.10 Å². The van der Waals surface area contributed by atoms with Gasteiger partial charge in [-0.15, -0.1) is 0 Å². The lowest BCUT2D eigenvalue weighted by Crippen LogP contribution is -2.29. The van der Waals surface area contributed by atoms with E-state index in [9.17, 15) is 24.5 Å². The number of nitro groups is 1. The van der Waals surface area contributed by atoms with Crippen LogP contribution in [0.25, 0.3) is 6.08 Å². The molecule has 144 valence electrons. The minimum absolute atomic E-state index is 0.156. The number of hydrogen-bond donors (Lipinski definition) is 2. The van der Waals surface area contributed by atoms with Crippen LogP contribution in [0.1, 0.15) is 22.8 Å².